The molecule has 1 aliphatic heterocycles. The molecule has 0 bridgehead atoms. The van der Waals surface area contributed by atoms with Gasteiger partial charge in [0.15, 0.2) is 0 Å². The van der Waals surface area contributed by atoms with Crippen LogP contribution in [0.3, 0.4) is 0 Å². The zero-order chi connectivity index (χ0) is 17.3. The summed E-state index contributed by atoms with van der Waals surface area (Å²) >= 11 is 0. The van der Waals surface area contributed by atoms with Crippen LogP contribution in [-0.4, -0.2) is 64.2 Å². The van der Waals surface area contributed by atoms with Crippen LogP contribution in [-0.2, 0) is 9.53 Å². The Morgan fingerprint density at radius 2 is 2.25 bits per heavy atom. The Labute approximate surface area is 135 Å². The number of rotatable bonds is 4. The van der Waals surface area contributed by atoms with Gasteiger partial charge in [-0.25, -0.2) is 0 Å². The lowest BCUT2D eigenvalue weighted by atomic mass is 10.1. The SMILES string of the molecule is CNC(=O)[C@H]1C[C@H](OC(F)F)CN1C(=O)c1cnc2cn[nH]c2c1. The fourth-order valence-electron chi connectivity index (χ4n) is 2.79. The van der Waals surface area contributed by atoms with Gasteiger partial charge in [-0.1, -0.05) is 0 Å². The van der Waals surface area contributed by atoms with Crippen LogP contribution in [0.4, 0.5) is 8.78 Å². The normalized spacial score (nSPS) is 20.8. The summed E-state index contributed by atoms with van der Waals surface area (Å²) in [5.74, 6) is -0.910. The van der Waals surface area contributed by atoms with Gasteiger partial charge < -0.3 is 15.0 Å². The summed E-state index contributed by atoms with van der Waals surface area (Å²) in [6, 6.07) is 0.684. The molecule has 0 unspecified atom stereocenters. The van der Waals surface area contributed by atoms with E-state index in [1.165, 1.54) is 24.3 Å². The van der Waals surface area contributed by atoms with Crippen molar-refractivity contribution in [3.8, 4) is 0 Å². The number of fused-ring (bicyclic) bond motifs is 1. The second-order valence-electron chi connectivity index (χ2n) is 5.37. The quantitative estimate of drug-likeness (QED) is 0.846. The van der Waals surface area contributed by atoms with Gasteiger partial charge in [0.25, 0.3) is 5.91 Å². The predicted molar refractivity (Wildman–Crippen MR) is 78.3 cm³/mol. The van der Waals surface area contributed by atoms with E-state index < -0.39 is 30.6 Å². The molecular formula is C14H15F2N5O3. The number of likely N-dealkylation sites (N-methyl/N-ethyl adjacent to an activating group) is 1. The standard InChI is InChI=1S/C14H15F2N5O3/c1-17-12(22)11-3-8(24-14(15)16)6-21(11)13(23)7-2-9-10(18-4-7)5-19-20-9/h2,4-5,8,11,14H,3,6H2,1H3,(H,17,22)(H,19,20)/t8-,11+/m0/s1. The molecule has 10 heteroatoms. The molecule has 0 radical (unpaired) electrons. The van der Waals surface area contributed by atoms with Crippen LogP contribution in [0.2, 0.25) is 0 Å². The Morgan fingerprint density at radius 1 is 1.46 bits per heavy atom. The molecule has 3 rings (SSSR count). The molecule has 3 heterocycles. The van der Waals surface area contributed by atoms with E-state index in [1.54, 1.807) is 6.07 Å². The Kier molecular flexibility index (Phi) is 4.38. The summed E-state index contributed by atoms with van der Waals surface area (Å²) in [6.45, 7) is -3.05. The number of carbonyl (C=O) groups excluding carboxylic acids is 2. The first kappa shape index (κ1) is 16.2. The monoisotopic (exact) mass is 339 g/mol. The van der Waals surface area contributed by atoms with Crippen molar-refractivity contribution in [1.82, 2.24) is 25.4 Å². The molecule has 24 heavy (non-hydrogen) atoms. The van der Waals surface area contributed by atoms with Crippen LogP contribution in [0.1, 0.15) is 16.8 Å². The van der Waals surface area contributed by atoms with Crippen LogP contribution in [0.5, 0.6) is 0 Å². The topological polar surface area (TPSA) is 100 Å². The summed E-state index contributed by atoms with van der Waals surface area (Å²) in [4.78, 5) is 30.0. The number of carbonyl (C=O) groups is 2. The van der Waals surface area contributed by atoms with E-state index in [2.05, 4.69) is 25.2 Å². The van der Waals surface area contributed by atoms with E-state index >= 15 is 0 Å². The van der Waals surface area contributed by atoms with Crippen molar-refractivity contribution in [3.05, 3.63) is 24.0 Å². The fourth-order valence-corrected chi connectivity index (χ4v) is 2.79. The minimum atomic E-state index is -2.96. The van der Waals surface area contributed by atoms with Gasteiger partial charge in [-0.3, -0.25) is 19.7 Å². The van der Waals surface area contributed by atoms with E-state index in [4.69, 9.17) is 0 Å². The molecule has 8 nitrogen and oxygen atoms in total. The van der Waals surface area contributed by atoms with Crippen molar-refractivity contribution in [2.75, 3.05) is 13.6 Å². The highest BCUT2D eigenvalue weighted by molar-refractivity contribution is 5.99. The maximum Gasteiger partial charge on any atom is 0.345 e. The highest BCUT2D eigenvalue weighted by atomic mass is 19.3. The number of H-pyrrole nitrogens is 1. The van der Waals surface area contributed by atoms with Crippen LogP contribution in [0.25, 0.3) is 11.0 Å². The van der Waals surface area contributed by atoms with Crippen molar-refractivity contribution >= 4 is 22.8 Å². The summed E-state index contributed by atoms with van der Waals surface area (Å²) in [5, 5.41) is 8.95. The van der Waals surface area contributed by atoms with Crippen molar-refractivity contribution in [2.24, 2.45) is 0 Å². The van der Waals surface area contributed by atoms with Crippen LogP contribution in [0.15, 0.2) is 18.5 Å². The zero-order valence-electron chi connectivity index (χ0n) is 12.7. The smallest absolute Gasteiger partial charge is 0.345 e. The maximum absolute atomic E-state index is 12.7. The highest BCUT2D eigenvalue weighted by Gasteiger charge is 2.41. The molecule has 0 aromatic carbocycles. The molecule has 2 aromatic heterocycles. The molecule has 1 saturated heterocycles. The largest absolute Gasteiger partial charge is 0.357 e. The minimum Gasteiger partial charge on any atom is -0.357 e. The molecule has 2 amide bonds. The van der Waals surface area contributed by atoms with E-state index in [-0.39, 0.29) is 18.5 Å². The molecule has 2 N–H and O–H groups in total. The summed E-state index contributed by atoms with van der Waals surface area (Å²) in [7, 11) is 1.42. The number of hydrogen-bond donors (Lipinski definition) is 2. The van der Waals surface area contributed by atoms with E-state index in [0.29, 0.717) is 11.0 Å². The Hall–Kier alpha value is -2.62. The van der Waals surface area contributed by atoms with Crippen molar-refractivity contribution < 1.29 is 23.1 Å². The number of aromatic amines is 1. The Morgan fingerprint density at radius 3 is 2.96 bits per heavy atom. The lowest BCUT2D eigenvalue weighted by Gasteiger charge is -2.23. The molecule has 0 saturated carbocycles. The highest BCUT2D eigenvalue weighted by Crippen LogP contribution is 2.25. The second-order valence-corrected chi connectivity index (χ2v) is 5.37. The number of likely N-dealkylation sites (tertiary alicyclic amines) is 1. The van der Waals surface area contributed by atoms with Crippen LogP contribution >= 0.6 is 0 Å². The molecule has 128 valence electrons. The van der Waals surface area contributed by atoms with Gasteiger partial charge in [-0.05, 0) is 6.07 Å². The number of nitrogens with one attached hydrogen (secondary N) is 2. The Bertz CT molecular complexity index is 766. The van der Waals surface area contributed by atoms with Crippen molar-refractivity contribution in [2.45, 2.75) is 25.2 Å². The molecule has 1 fully saturated rings. The average molecular weight is 339 g/mol. The summed E-state index contributed by atoms with van der Waals surface area (Å²) in [6.07, 6.45) is 1.98. The van der Waals surface area contributed by atoms with Crippen LogP contribution in [0, 0.1) is 0 Å². The maximum atomic E-state index is 12.7. The number of hydrogen-bond acceptors (Lipinski definition) is 5. The van der Waals surface area contributed by atoms with Gasteiger partial charge >= 0.3 is 6.61 Å². The predicted octanol–water partition coefficient (Wildman–Crippen LogP) is 0.526. The second kappa shape index (κ2) is 6.48. The molecular weight excluding hydrogens is 324 g/mol. The third-order valence-corrected chi connectivity index (χ3v) is 3.91. The number of aromatic nitrogens is 3. The van der Waals surface area contributed by atoms with Crippen molar-refractivity contribution in [3.63, 3.8) is 0 Å². The first-order valence-corrected chi connectivity index (χ1v) is 7.25. The lowest BCUT2D eigenvalue weighted by molar-refractivity contribution is -0.158. The Balaban J connectivity index is 1.85. The number of nitrogens with zero attached hydrogens (tertiary/aromatic N) is 3. The first-order valence-electron chi connectivity index (χ1n) is 7.25. The summed E-state index contributed by atoms with van der Waals surface area (Å²) < 4.78 is 29.4. The number of pyridine rings is 1. The zero-order valence-corrected chi connectivity index (χ0v) is 12.7. The minimum absolute atomic E-state index is 0.00941. The van der Waals surface area contributed by atoms with Gasteiger partial charge in [0, 0.05) is 26.2 Å². The van der Waals surface area contributed by atoms with Crippen LogP contribution < -0.4 is 5.32 Å². The third-order valence-electron chi connectivity index (χ3n) is 3.91. The number of ether oxygens (including phenoxy) is 1. The summed E-state index contributed by atoms with van der Waals surface area (Å²) in [5.41, 5.74) is 1.39. The molecule has 0 spiro atoms. The van der Waals surface area contributed by atoms with E-state index in [1.807, 2.05) is 0 Å². The number of halogens is 2. The van der Waals surface area contributed by atoms with Crippen molar-refractivity contribution in [1.29, 1.82) is 0 Å². The van der Waals surface area contributed by atoms with Gasteiger partial charge in [0.05, 0.1) is 23.4 Å². The molecule has 2 aromatic rings. The van der Waals surface area contributed by atoms with Gasteiger partial charge in [-0.15, -0.1) is 0 Å². The lowest BCUT2D eigenvalue weighted by Crippen LogP contribution is -2.45. The first-order chi connectivity index (χ1) is 11.5. The van der Waals surface area contributed by atoms with Gasteiger partial charge in [0.1, 0.15) is 11.6 Å². The fraction of sp³-hybridized carbons (Fsp3) is 0.429. The third kappa shape index (κ3) is 3.04. The van der Waals surface area contributed by atoms with E-state index in [0.717, 1.165) is 0 Å². The van der Waals surface area contributed by atoms with Gasteiger partial charge in [0.2, 0.25) is 5.91 Å². The molecule has 2 atom stereocenters. The van der Waals surface area contributed by atoms with E-state index in [9.17, 15) is 18.4 Å². The molecule has 0 aliphatic carbocycles. The number of amides is 2. The number of alkyl halides is 2. The average Bonchev–Trinajstić information content (AvgIpc) is 3.18. The van der Waals surface area contributed by atoms with Gasteiger partial charge in [-0.2, -0.15) is 13.9 Å². The molecule has 1 aliphatic rings.